The summed E-state index contributed by atoms with van der Waals surface area (Å²) in [4.78, 5) is 26.2. The number of carbonyl (C=O) groups is 2. The van der Waals surface area contributed by atoms with E-state index in [0.717, 1.165) is 17.8 Å². The highest BCUT2D eigenvalue weighted by atomic mass is 32.2. The third kappa shape index (κ3) is 4.24. The predicted octanol–water partition coefficient (Wildman–Crippen LogP) is 2.85. The molecule has 2 aliphatic rings. The zero-order valence-corrected chi connectivity index (χ0v) is 17.5. The molecular formula is C22H25N3O4S. The fourth-order valence-corrected chi connectivity index (χ4v) is 5.46. The molecule has 8 heteroatoms. The van der Waals surface area contributed by atoms with Crippen molar-refractivity contribution in [3.8, 4) is 0 Å². The molecule has 0 unspecified atom stereocenters. The number of hydrogen-bond donors (Lipinski definition) is 1. The van der Waals surface area contributed by atoms with Crippen molar-refractivity contribution in [2.75, 3.05) is 29.9 Å². The summed E-state index contributed by atoms with van der Waals surface area (Å²) < 4.78 is 27.4. The summed E-state index contributed by atoms with van der Waals surface area (Å²) in [6.45, 7) is 1.28. The molecule has 2 fully saturated rings. The summed E-state index contributed by atoms with van der Waals surface area (Å²) in [7, 11) is -3.63. The lowest BCUT2D eigenvalue weighted by molar-refractivity contribution is -0.121. The number of anilines is 2. The Bertz CT molecular complexity index is 1010. The van der Waals surface area contributed by atoms with Crippen LogP contribution in [-0.2, 0) is 19.6 Å². The van der Waals surface area contributed by atoms with Crippen molar-refractivity contribution in [2.45, 2.75) is 30.6 Å². The summed E-state index contributed by atoms with van der Waals surface area (Å²) >= 11 is 0. The molecule has 0 spiro atoms. The summed E-state index contributed by atoms with van der Waals surface area (Å²) in [5, 5.41) is 2.89. The first-order valence-corrected chi connectivity index (χ1v) is 11.7. The number of sulfonamides is 1. The Morgan fingerprint density at radius 2 is 1.60 bits per heavy atom. The van der Waals surface area contributed by atoms with Crippen LogP contribution in [-0.4, -0.2) is 44.2 Å². The molecule has 0 saturated carbocycles. The van der Waals surface area contributed by atoms with Crippen LogP contribution in [0.15, 0.2) is 59.5 Å². The molecule has 2 saturated heterocycles. The van der Waals surface area contributed by atoms with Crippen LogP contribution < -0.4 is 10.2 Å². The van der Waals surface area contributed by atoms with Gasteiger partial charge in [-0.05, 0) is 55.7 Å². The molecule has 2 amide bonds. The van der Waals surface area contributed by atoms with Gasteiger partial charge >= 0.3 is 0 Å². The van der Waals surface area contributed by atoms with E-state index in [2.05, 4.69) is 5.32 Å². The Kier molecular flexibility index (Phi) is 5.87. The highest BCUT2D eigenvalue weighted by molar-refractivity contribution is 7.89. The van der Waals surface area contributed by atoms with Crippen molar-refractivity contribution in [1.29, 1.82) is 0 Å². The second-order valence-electron chi connectivity index (χ2n) is 7.68. The Balaban J connectivity index is 1.37. The maximum atomic E-state index is 13.0. The molecule has 2 heterocycles. The normalized spacial score (nSPS) is 18.5. The van der Waals surface area contributed by atoms with Crippen LogP contribution in [0.5, 0.6) is 0 Å². The minimum Gasteiger partial charge on any atom is -0.326 e. The second kappa shape index (κ2) is 8.57. The molecule has 2 aliphatic heterocycles. The standard InChI is InChI=1S/C22H25N3O4S/c26-21-7-4-14-25(21)19-8-10-20(11-9-19)30(28,29)24-15-12-17(13-16-24)22(27)23-18-5-2-1-3-6-18/h1-3,5-6,8-11,17H,4,7,12-16H2,(H,23,27). The molecule has 0 bridgehead atoms. The van der Waals surface area contributed by atoms with Crippen LogP contribution in [0, 0.1) is 5.92 Å². The van der Waals surface area contributed by atoms with Crippen molar-refractivity contribution in [1.82, 2.24) is 4.31 Å². The van der Waals surface area contributed by atoms with Crippen molar-refractivity contribution >= 4 is 33.2 Å². The van der Waals surface area contributed by atoms with Gasteiger partial charge in [-0.2, -0.15) is 4.31 Å². The topological polar surface area (TPSA) is 86.8 Å². The number of rotatable bonds is 5. The number of nitrogens with one attached hydrogen (secondary N) is 1. The quantitative estimate of drug-likeness (QED) is 0.795. The summed E-state index contributed by atoms with van der Waals surface area (Å²) in [6, 6.07) is 15.8. The van der Waals surface area contributed by atoms with Gasteiger partial charge in [0.15, 0.2) is 0 Å². The number of nitrogens with zero attached hydrogens (tertiary/aromatic N) is 2. The van der Waals surface area contributed by atoms with Gasteiger partial charge < -0.3 is 10.2 Å². The molecular weight excluding hydrogens is 402 g/mol. The van der Waals surface area contributed by atoms with E-state index in [4.69, 9.17) is 0 Å². The van der Waals surface area contributed by atoms with Gasteiger partial charge in [0.1, 0.15) is 0 Å². The number of hydrogen-bond acceptors (Lipinski definition) is 4. The van der Waals surface area contributed by atoms with Gasteiger partial charge in [-0.15, -0.1) is 0 Å². The van der Waals surface area contributed by atoms with Gasteiger partial charge in [-0.3, -0.25) is 9.59 Å². The first kappa shape index (κ1) is 20.6. The van der Waals surface area contributed by atoms with E-state index in [0.29, 0.717) is 38.9 Å². The van der Waals surface area contributed by atoms with E-state index in [1.165, 1.54) is 4.31 Å². The predicted molar refractivity (Wildman–Crippen MR) is 115 cm³/mol. The maximum Gasteiger partial charge on any atom is 0.243 e. The van der Waals surface area contributed by atoms with Crippen molar-refractivity contribution in [3.05, 3.63) is 54.6 Å². The molecule has 2 aromatic rings. The molecule has 30 heavy (non-hydrogen) atoms. The van der Waals surface area contributed by atoms with Crippen LogP contribution in [0.3, 0.4) is 0 Å². The first-order valence-electron chi connectivity index (χ1n) is 10.2. The van der Waals surface area contributed by atoms with Crippen LogP contribution in [0.25, 0.3) is 0 Å². The lowest BCUT2D eigenvalue weighted by Gasteiger charge is -2.30. The van der Waals surface area contributed by atoms with Crippen LogP contribution in [0.4, 0.5) is 11.4 Å². The Morgan fingerprint density at radius 1 is 0.933 bits per heavy atom. The molecule has 4 rings (SSSR count). The van der Waals surface area contributed by atoms with E-state index in [9.17, 15) is 18.0 Å². The first-order chi connectivity index (χ1) is 14.4. The highest BCUT2D eigenvalue weighted by Gasteiger charge is 2.32. The third-order valence-corrected chi connectivity index (χ3v) is 7.64. The van der Waals surface area contributed by atoms with Gasteiger partial charge in [0.25, 0.3) is 0 Å². The van der Waals surface area contributed by atoms with E-state index >= 15 is 0 Å². The van der Waals surface area contributed by atoms with Gasteiger partial charge in [0.2, 0.25) is 21.8 Å². The van der Waals surface area contributed by atoms with E-state index < -0.39 is 10.0 Å². The Labute approximate surface area is 176 Å². The van der Waals surface area contributed by atoms with E-state index in [1.807, 2.05) is 30.3 Å². The number of para-hydroxylation sites is 1. The zero-order chi connectivity index (χ0) is 21.1. The molecule has 2 aromatic carbocycles. The lowest BCUT2D eigenvalue weighted by Crippen LogP contribution is -2.41. The average Bonchev–Trinajstić information content (AvgIpc) is 3.20. The molecule has 0 atom stereocenters. The van der Waals surface area contributed by atoms with Crippen molar-refractivity contribution in [3.63, 3.8) is 0 Å². The zero-order valence-electron chi connectivity index (χ0n) is 16.7. The highest BCUT2D eigenvalue weighted by Crippen LogP contribution is 2.27. The largest absolute Gasteiger partial charge is 0.326 e. The summed E-state index contributed by atoms with van der Waals surface area (Å²) in [6.07, 6.45) is 2.33. The Hall–Kier alpha value is -2.71. The van der Waals surface area contributed by atoms with E-state index in [-0.39, 0.29) is 22.6 Å². The lowest BCUT2D eigenvalue weighted by atomic mass is 9.97. The van der Waals surface area contributed by atoms with Crippen LogP contribution in [0.2, 0.25) is 0 Å². The average molecular weight is 428 g/mol. The van der Waals surface area contributed by atoms with Crippen LogP contribution >= 0.6 is 0 Å². The monoisotopic (exact) mass is 427 g/mol. The molecule has 0 aromatic heterocycles. The molecule has 0 aliphatic carbocycles. The summed E-state index contributed by atoms with van der Waals surface area (Å²) in [5.74, 6) is -0.209. The second-order valence-corrected chi connectivity index (χ2v) is 9.61. The maximum absolute atomic E-state index is 13.0. The molecule has 7 nitrogen and oxygen atoms in total. The van der Waals surface area contributed by atoms with Gasteiger partial charge in [0.05, 0.1) is 4.90 Å². The number of piperidine rings is 1. The minimum atomic E-state index is -3.63. The number of carbonyl (C=O) groups excluding carboxylic acids is 2. The van der Waals surface area contributed by atoms with Crippen molar-refractivity contribution < 1.29 is 18.0 Å². The van der Waals surface area contributed by atoms with Crippen LogP contribution in [0.1, 0.15) is 25.7 Å². The molecule has 0 radical (unpaired) electrons. The SMILES string of the molecule is O=C(Nc1ccccc1)C1CCN(S(=O)(=O)c2ccc(N3CCCC3=O)cc2)CC1. The van der Waals surface area contributed by atoms with Gasteiger partial charge in [-0.1, -0.05) is 18.2 Å². The Morgan fingerprint density at radius 3 is 2.20 bits per heavy atom. The molecule has 1 N–H and O–H groups in total. The third-order valence-electron chi connectivity index (χ3n) is 5.73. The van der Waals surface area contributed by atoms with Crippen molar-refractivity contribution in [2.24, 2.45) is 5.92 Å². The fourth-order valence-electron chi connectivity index (χ4n) is 3.99. The molecule has 158 valence electrons. The number of amides is 2. The summed E-state index contributed by atoms with van der Waals surface area (Å²) in [5.41, 5.74) is 1.47. The smallest absolute Gasteiger partial charge is 0.243 e. The van der Waals surface area contributed by atoms with Gasteiger partial charge in [-0.25, -0.2) is 8.42 Å². The minimum absolute atomic E-state index is 0.0708. The number of benzene rings is 2. The fraction of sp³-hybridized carbons (Fsp3) is 0.364. The van der Waals surface area contributed by atoms with E-state index in [1.54, 1.807) is 29.2 Å². The van der Waals surface area contributed by atoms with Gasteiger partial charge in [0, 0.05) is 43.3 Å².